The Kier molecular flexibility index (Phi) is 5.69. The fourth-order valence-electron chi connectivity index (χ4n) is 0.298. The average Bonchev–Trinajstić information content (AvgIpc) is 1.67. The molecule has 0 aromatic rings. The lowest BCUT2D eigenvalue weighted by Crippen LogP contribution is -2.12. The third-order valence-corrected chi connectivity index (χ3v) is 4.99. The minimum absolute atomic E-state index is 0.454. The number of halogens is 3. The molecule has 0 saturated heterocycles. The maximum Gasteiger partial charge on any atom is 0.232 e. The summed E-state index contributed by atoms with van der Waals surface area (Å²) >= 11 is 16.8. The van der Waals surface area contributed by atoms with Crippen LogP contribution in [0.5, 0.6) is 0 Å². The summed E-state index contributed by atoms with van der Waals surface area (Å²) in [5.41, 5.74) is 0.454. The van der Waals surface area contributed by atoms with Crippen LogP contribution in [0.15, 0.2) is 0 Å². The lowest BCUT2D eigenvalue weighted by Gasteiger charge is -2.04. The number of hydrogen-bond acceptors (Lipinski definition) is 0. The molecular formula is C3H8BCl3Si. The Morgan fingerprint density at radius 1 is 1.62 bits per heavy atom. The van der Waals surface area contributed by atoms with Crippen molar-refractivity contribution >= 4 is 48.5 Å². The summed E-state index contributed by atoms with van der Waals surface area (Å²) in [7, 11) is -0.472. The van der Waals surface area contributed by atoms with Crippen molar-refractivity contribution in [2.45, 2.75) is 12.4 Å². The minimum atomic E-state index is -1.42. The van der Waals surface area contributed by atoms with Crippen LogP contribution in [0.3, 0.4) is 0 Å². The summed E-state index contributed by atoms with van der Waals surface area (Å²) in [6.45, 7) is 2.04. The first-order valence-corrected chi connectivity index (χ1v) is 7.22. The number of hydrogen-bond donors (Lipinski definition) is 0. The summed E-state index contributed by atoms with van der Waals surface area (Å²) < 4.78 is 0. The Balaban J connectivity index is 3.17. The monoisotopic (exact) mass is 188 g/mol. The number of alkyl halides is 1. The lowest BCUT2D eigenvalue weighted by molar-refractivity contribution is 1.32. The maximum absolute atomic E-state index is 5.65. The molecule has 0 fully saturated rings. The first-order valence-electron chi connectivity index (χ1n) is 2.52. The van der Waals surface area contributed by atoms with E-state index in [1.165, 1.54) is 0 Å². The van der Waals surface area contributed by atoms with E-state index < -0.39 is 7.42 Å². The zero-order chi connectivity index (χ0) is 6.57. The zero-order valence-electron chi connectivity index (χ0n) is 4.70. The summed E-state index contributed by atoms with van der Waals surface area (Å²) in [4.78, 5) is 0. The molecule has 0 aromatic carbocycles. The molecule has 48 valence electrons. The first kappa shape index (κ1) is 9.15. The Morgan fingerprint density at radius 2 is 2.12 bits per heavy atom. The highest BCUT2D eigenvalue weighted by molar-refractivity contribution is 7.36. The van der Waals surface area contributed by atoms with Gasteiger partial charge in [0.25, 0.3) is 0 Å². The van der Waals surface area contributed by atoms with E-state index in [1.807, 2.05) is 6.92 Å². The summed E-state index contributed by atoms with van der Waals surface area (Å²) in [5.74, 6) is 0.671. The Labute approximate surface area is 66.8 Å². The molecule has 0 N–H and O–H groups in total. The second-order valence-electron chi connectivity index (χ2n) is 1.79. The van der Waals surface area contributed by atoms with Gasteiger partial charge in [0.1, 0.15) is 7.28 Å². The van der Waals surface area contributed by atoms with E-state index in [1.54, 1.807) is 0 Å². The molecule has 0 radical (unpaired) electrons. The summed E-state index contributed by atoms with van der Waals surface area (Å²) in [6.07, 6.45) is 0. The summed E-state index contributed by atoms with van der Waals surface area (Å²) in [5, 5.41) is 0. The van der Waals surface area contributed by atoms with Crippen molar-refractivity contribution in [3.8, 4) is 0 Å². The van der Waals surface area contributed by atoms with Gasteiger partial charge in [0.05, 0.1) is 0 Å². The molecule has 0 aliphatic carbocycles. The minimum Gasteiger partial charge on any atom is -0.151 e. The molecule has 0 bridgehead atoms. The fraction of sp³-hybridized carbons (Fsp3) is 1.00. The van der Waals surface area contributed by atoms with Crippen LogP contribution in [-0.2, 0) is 0 Å². The fourth-order valence-corrected chi connectivity index (χ4v) is 2.03. The molecule has 0 aliphatic heterocycles. The second kappa shape index (κ2) is 4.98. The largest absolute Gasteiger partial charge is 0.232 e. The van der Waals surface area contributed by atoms with Gasteiger partial charge in [-0.05, 0) is 11.2 Å². The van der Waals surface area contributed by atoms with Crippen LogP contribution >= 0.6 is 33.8 Å². The predicted octanol–water partition coefficient (Wildman–Crippen LogP) is 1.66. The number of rotatable bonds is 3. The maximum atomic E-state index is 5.65. The normalized spacial score (nSPS) is 14.1. The van der Waals surface area contributed by atoms with Gasteiger partial charge >= 0.3 is 0 Å². The third kappa shape index (κ3) is 4.07. The van der Waals surface area contributed by atoms with Gasteiger partial charge in [0.15, 0.2) is 0 Å². The Hall–Kier alpha value is 1.15. The van der Waals surface area contributed by atoms with Gasteiger partial charge < -0.3 is 0 Å². The van der Waals surface area contributed by atoms with Crippen LogP contribution in [-0.4, -0.2) is 20.5 Å². The smallest absolute Gasteiger partial charge is 0.151 e. The molecule has 8 heavy (non-hydrogen) atoms. The van der Waals surface area contributed by atoms with Crippen molar-refractivity contribution in [2.75, 3.05) is 5.78 Å². The molecular weight excluding hydrogens is 181 g/mol. The van der Waals surface area contributed by atoms with Crippen molar-refractivity contribution in [1.29, 1.82) is 0 Å². The average molecular weight is 189 g/mol. The van der Waals surface area contributed by atoms with E-state index in [9.17, 15) is 0 Å². The van der Waals surface area contributed by atoms with Crippen molar-refractivity contribution in [3.63, 3.8) is 0 Å². The Bertz CT molecular complexity index is 60.5. The van der Waals surface area contributed by atoms with Crippen LogP contribution in [0.2, 0.25) is 5.44 Å². The van der Waals surface area contributed by atoms with Crippen molar-refractivity contribution in [1.82, 2.24) is 0 Å². The standard InChI is InChI=1S/C3H8BCl3Si/c1-3(4-2-5)8(6)7/h3-4,8H,2H2,1H3. The third-order valence-electron chi connectivity index (χ3n) is 0.995. The molecule has 0 spiro atoms. The summed E-state index contributed by atoms with van der Waals surface area (Å²) in [6, 6.07) is 0. The highest BCUT2D eigenvalue weighted by atomic mass is 35.7. The SMILES string of the molecule is CC(BCCl)[SiH](Cl)Cl. The van der Waals surface area contributed by atoms with Crippen molar-refractivity contribution < 1.29 is 0 Å². The van der Waals surface area contributed by atoms with Crippen molar-refractivity contribution in [3.05, 3.63) is 0 Å². The van der Waals surface area contributed by atoms with Crippen LogP contribution in [0.25, 0.3) is 0 Å². The molecule has 5 heteroatoms. The Morgan fingerprint density at radius 3 is 2.25 bits per heavy atom. The molecule has 1 unspecified atom stereocenters. The van der Waals surface area contributed by atoms with Gasteiger partial charge in [-0.15, -0.1) is 11.6 Å². The quantitative estimate of drug-likeness (QED) is 0.360. The molecule has 0 saturated carbocycles. The molecule has 0 rings (SSSR count). The van der Waals surface area contributed by atoms with E-state index in [4.69, 9.17) is 33.8 Å². The topological polar surface area (TPSA) is 0 Å². The van der Waals surface area contributed by atoms with Gasteiger partial charge in [0, 0.05) is 0 Å². The second-order valence-corrected chi connectivity index (χ2v) is 7.47. The molecule has 0 aliphatic rings. The van der Waals surface area contributed by atoms with Crippen molar-refractivity contribution in [2.24, 2.45) is 0 Å². The van der Waals surface area contributed by atoms with E-state index >= 15 is 0 Å². The molecule has 0 amide bonds. The van der Waals surface area contributed by atoms with Gasteiger partial charge in [-0.3, -0.25) is 0 Å². The van der Waals surface area contributed by atoms with E-state index in [2.05, 4.69) is 0 Å². The lowest BCUT2D eigenvalue weighted by atomic mass is 9.78. The highest BCUT2D eigenvalue weighted by Crippen LogP contribution is 2.14. The van der Waals surface area contributed by atoms with Crippen LogP contribution in [0.4, 0.5) is 0 Å². The highest BCUT2D eigenvalue weighted by Gasteiger charge is 2.13. The van der Waals surface area contributed by atoms with E-state index in [0.29, 0.717) is 11.2 Å². The molecule has 0 aromatic heterocycles. The van der Waals surface area contributed by atoms with Crippen LogP contribution < -0.4 is 0 Å². The van der Waals surface area contributed by atoms with Gasteiger partial charge in [-0.25, -0.2) is 0 Å². The van der Waals surface area contributed by atoms with Crippen LogP contribution in [0.1, 0.15) is 6.92 Å². The van der Waals surface area contributed by atoms with E-state index in [0.717, 1.165) is 7.28 Å². The first-order chi connectivity index (χ1) is 3.68. The predicted molar refractivity (Wildman–Crippen MR) is 46.1 cm³/mol. The molecule has 0 heterocycles. The molecule has 0 nitrogen and oxygen atoms in total. The van der Waals surface area contributed by atoms with Gasteiger partial charge in [-0.1, -0.05) is 6.92 Å². The van der Waals surface area contributed by atoms with Crippen LogP contribution in [0, 0.1) is 0 Å². The van der Waals surface area contributed by atoms with Gasteiger partial charge in [0.2, 0.25) is 7.42 Å². The van der Waals surface area contributed by atoms with Gasteiger partial charge in [-0.2, -0.15) is 22.2 Å². The zero-order valence-corrected chi connectivity index (χ0v) is 8.13. The van der Waals surface area contributed by atoms with E-state index in [-0.39, 0.29) is 0 Å². The molecule has 1 atom stereocenters.